The Labute approximate surface area is 91.6 Å². The molecule has 1 aliphatic rings. The van der Waals surface area contributed by atoms with Gasteiger partial charge in [-0.3, -0.25) is 4.79 Å². The zero-order valence-corrected chi connectivity index (χ0v) is 9.33. The van der Waals surface area contributed by atoms with E-state index in [4.69, 9.17) is 11.6 Å². The molecular weight excluding hydrogens is 240 g/mol. The monoisotopic (exact) mass is 248 g/mol. The van der Waals surface area contributed by atoms with Crippen LogP contribution in [-0.4, -0.2) is 29.7 Å². The van der Waals surface area contributed by atoms with Crippen LogP contribution in [0.4, 0.5) is 0 Å². The summed E-state index contributed by atoms with van der Waals surface area (Å²) in [5.74, 6) is 0.0819. The topological polar surface area (TPSA) is 69.0 Å². The van der Waals surface area contributed by atoms with Gasteiger partial charge < -0.3 is 0 Å². The number of hydrogen-bond donors (Lipinski definition) is 0. The predicted molar refractivity (Wildman–Crippen MR) is 55.8 cm³/mol. The number of sulfone groups is 1. The maximum Gasteiger partial charge on any atom is 0.267 e. The minimum atomic E-state index is -3.02. The first-order valence-electron chi connectivity index (χ1n) is 4.44. The summed E-state index contributed by atoms with van der Waals surface area (Å²) < 4.78 is 23.6. The Morgan fingerprint density at radius 3 is 2.80 bits per heavy atom. The second-order valence-electron chi connectivity index (χ2n) is 3.50. The highest BCUT2D eigenvalue weighted by molar-refractivity contribution is 7.91. The van der Waals surface area contributed by atoms with Crippen LogP contribution in [-0.2, 0) is 9.84 Å². The van der Waals surface area contributed by atoms with E-state index >= 15 is 0 Å². The molecule has 0 aliphatic carbocycles. The average Bonchev–Trinajstić information content (AvgIpc) is 2.50. The number of aromatic nitrogens is 2. The van der Waals surface area contributed by atoms with Gasteiger partial charge in [0.15, 0.2) is 9.84 Å². The normalized spacial score (nSPS) is 24.2. The third-order valence-electron chi connectivity index (χ3n) is 2.35. The van der Waals surface area contributed by atoms with Gasteiger partial charge in [0.1, 0.15) is 5.15 Å². The molecule has 5 nitrogen and oxygen atoms in total. The van der Waals surface area contributed by atoms with Gasteiger partial charge in [-0.2, -0.15) is 5.10 Å². The van der Waals surface area contributed by atoms with E-state index < -0.39 is 9.84 Å². The Kier molecular flexibility index (Phi) is 2.56. The smallest absolute Gasteiger partial charge is 0.267 e. The highest BCUT2D eigenvalue weighted by atomic mass is 35.5. The molecule has 0 radical (unpaired) electrons. The molecule has 0 amide bonds. The number of halogens is 1. The van der Waals surface area contributed by atoms with Crippen LogP contribution in [0.5, 0.6) is 0 Å². The lowest BCUT2D eigenvalue weighted by atomic mass is 10.3. The van der Waals surface area contributed by atoms with Gasteiger partial charge in [-0.15, -0.1) is 0 Å². The highest BCUT2D eigenvalue weighted by Crippen LogP contribution is 2.21. The van der Waals surface area contributed by atoms with Crippen molar-refractivity contribution in [2.75, 3.05) is 11.5 Å². The first-order chi connectivity index (χ1) is 6.98. The summed E-state index contributed by atoms with van der Waals surface area (Å²) in [7, 11) is -3.02. The zero-order valence-electron chi connectivity index (χ0n) is 7.76. The Morgan fingerprint density at radius 2 is 2.20 bits per heavy atom. The molecule has 1 aliphatic heterocycles. The molecule has 7 heteroatoms. The molecule has 1 atom stereocenters. The first-order valence-corrected chi connectivity index (χ1v) is 6.64. The molecule has 1 aromatic heterocycles. The van der Waals surface area contributed by atoms with Crippen LogP contribution < -0.4 is 5.56 Å². The molecule has 2 heterocycles. The van der Waals surface area contributed by atoms with Crippen LogP contribution in [0.25, 0.3) is 0 Å². The predicted octanol–water partition coefficient (Wildman–Crippen LogP) is 0.256. The molecule has 0 bridgehead atoms. The molecule has 0 unspecified atom stereocenters. The van der Waals surface area contributed by atoms with E-state index in [1.807, 2.05) is 0 Å². The molecule has 1 saturated heterocycles. The van der Waals surface area contributed by atoms with Crippen LogP contribution in [0.15, 0.2) is 16.9 Å². The summed E-state index contributed by atoms with van der Waals surface area (Å²) in [5, 5.41) is 4.02. The maximum atomic E-state index is 11.4. The summed E-state index contributed by atoms with van der Waals surface area (Å²) in [6.07, 6.45) is 0.426. The summed E-state index contributed by atoms with van der Waals surface area (Å²) in [5.41, 5.74) is -0.318. The molecule has 2 rings (SSSR count). The van der Waals surface area contributed by atoms with Crippen molar-refractivity contribution in [1.82, 2.24) is 9.78 Å². The molecule has 1 fully saturated rings. The van der Waals surface area contributed by atoms with Crippen LogP contribution in [0.3, 0.4) is 0 Å². The van der Waals surface area contributed by atoms with E-state index in [-0.39, 0.29) is 28.3 Å². The first kappa shape index (κ1) is 10.6. The molecule has 82 valence electrons. The van der Waals surface area contributed by atoms with E-state index in [1.165, 1.54) is 12.1 Å². The summed E-state index contributed by atoms with van der Waals surface area (Å²) in [6, 6.07) is 2.31. The third-order valence-corrected chi connectivity index (χ3v) is 4.30. The van der Waals surface area contributed by atoms with Gasteiger partial charge in [-0.25, -0.2) is 13.1 Å². The Balaban J connectivity index is 2.39. The Bertz CT molecular complexity index is 537. The molecule has 0 aromatic carbocycles. The van der Waals surface area contributed by atoms with Crippen molar-refractivity contribution in [3.63, 3.8) is 0 Å². The van der Waals surface area contributed by atoms with Crippen LogP contribution in [0.2, 0.25) is 5.15 Å². The van der Waals surface area contributed by atoms with E-state index in [2.05, 4.69) is 5.10 Å². The Hall–Kier alpha value is -0.880. The lowest BCUT2D eigenvalue weighted by Crippen LogP contribution is -2.27. The number of nitrogens with zero attached hydrogens (tertiary/aromatic N) is 2. The van der Waals surface area contributed by atoms with Gasteiger partial charge in [0, 0.05) is 6.07 Å². The maximum absolute atomic E-state index is 11.4. The molecule has 0 N–H and O–H groups in total. The van der Waals surface area contributed by atoms with Crippen molar-refractivity contribution in [2.24, 2.45) is 0 Å². The summed E-state index contributed by atoms with van der Waals surface area (Å²) >= 11 is 5.65. The highest BCUT2D eigenvalue weighted by Gasteiger charge is 2.30. The van der Waals surface area contributed by atoms with Crippen LogP contribution >= 0.6 is 11.6 Å². The van der Waals surface area contributed by atoms with E-state index in [0.29, 0.717) is 6.42 Å². The van der Waals surface area contributed by atoms with E-state index in [0.717, 1.165) is 4.68 Å². The van der Waals surface area contributed by atoms with Crippen molar-refractivity contribution >= 4 is 21.4 Å². The van der Waals surface area contributed by atoms with Gasteiger partial charge in [0.2, 0.25) is 0 Å². The SMILES string of the molecule is O=c1ccc(Cl)nn1[C@@H]1CCS(=O)(=O)C1. The Morgan fingerprint density at radius 1 is 1.47 bits per heavy atom. The summed E-state index contributed by atoms with van der Waals surface area (Å²) in [4.78, 5) is 11.4. The van der Waals surface area contributed by atoms with Crippen molar-refractivity contribution < 1.29 is 8.42 Å². The van der Waals surface area contributed by atoms with Gasteiger partial charge in [0.25, 0.3) is 5.56 Å². The van der Waals surface area contributed by atoms with Crippen molar-refractivity contribution in [3.05, 3.63) is 27.6 Å². The third kappa shape index (κ3) is 2.21. The van der Waals surface area contributed by atoms with Crippen LogP contribution in [0.1, 0.15) is 12.5 Å². The lowest BCUT2D eigenvalue weighted by molar-refractivity contribution is 0.474. The lowest BCUT2D eigenvalue weighted by Gasteiger charge is -2.09. The van der Waals surface area contributed by atoms with Gasteiger partial charge >= 0.3 is 0 Å². The fourth-order valence-corrected chi connectivity index (χ4v) is 3.47. The minimum absolute atomic E-state index is 0.0275. The van der Waals surface area contributed by atoms with Gasteiger partial charge in [0.05, 0.1) is 17.5 Å². The standard InChI is InChI=1S/C8H9ClN2O3S/c9-7-1-2-8(12)11(10-7)6-3-4-15(13,14)5-6/h1-2,6H,3-5H2/t6-/m1/s1. The van der Waals surface area contributed by atoms with Crippen molar-refractivity contribution in [1.29, 1.82) is 0 Å². The quantitative estimate of drug-likeness (QED) is 0.715. The number of hydrogen-bond acceptors (Lipinski definition) is 4. The van der Waals surface area contributed by atoms with Crippen molar-refractivity contribution in [2.45, 2.75) is 12.5 Å². The zero-order chi connectivity index (χ0) is 11.1. The van der Waals surface area contributed by atoms with Gasteiger partial charge in [-0.05, 0) is 12.5 Å². The van der Waals surface area contributed by atoms with E-state index in [9.17, 15) is 13.2 Å². The average molecular weight is 249 g/mol. The fourth-order valence-electron chi connectivity index (χ4n) is 1.63. The molecule has 1 aromatic rings. The van der Waals surface area contributed by atoms with Crippen molar-refractivity contribution in [3.8, 4) is 0 Å². The number of rotatable bonds is 1. The summed E-state index contributed by atoms with van der Waals surface area (Å²) in [6.45, 7) is 0. The van der Waals surface area contributed by atoms with Crippen LogP contribution in [0, 0.1) is 0 Å². The fraction of sp³-hybridized carbons (Fsp3) is 0.500. The molecule has 0 spiro atoms. The second-order valence-corrected chi connectivity index (χ2v) is 6.11. The molecule has 15 heavy (non-hydrogen) atoms. The second kappa shape index (κ2) is 3.61. The van der Waals surface area contributed by atoms with E-state index in [1.54, 1.807) is 0 Å². The van der Waals surface area contributed by atoms with Gasteiger partial charge in [-0.1, -0.05) is 11.6 Å². The molecular formula is C8H9ClN2O3S. The molecule has 0 saturated carbocycles. The minimum Gasteiger partial charge on any atom is -0.268 e. The largest absolute Gasteiger partial charge is 0.268 e.